The molecule has 1 aromatic rings. The van der Waals surface area contributed by atoms with E-state index < -0.39 is 6.04 Å². The molecule has 0 aliphatic carbocycles. The van der Waals surface area contributed by atoms with E-state index in [9.17, 15) is 0 Å². The second-order valence-corrected chi connectivity index (χ2v) is 3.35. The van der Waals surface area contributed by atoms with Crippen LogP contribution in [0.25, 0.3) is 0 Å². The van der Waals surface area contributed by atoms with Gasteiger partial charge in [0, 0.05) is 11.6 Å². The van der Waals surface area contributed by atoms with Crippen molar-refractivity contribution in [2.75, 3.05) is 20.8 Å². The van der Waals surface area contributed by atoms with E-state index in [1.165, 1.54) is 0 Å². The fourth-order valence-electron chi connectivity index (χ4n) is 1.59. The lowest BCUT2D eigenvalue weighted by Gasteiger charge is -2.17. The SMILES string of the molecule is COc1cc(C)c([C@H](N)CO)c(OC)c1. The van der Waals surface area contributed by atoms with Gasteiger partial charge in [0.05, 0.1) is 26.9 Å². The molecule has 0 heterocycles. The largest absolute Gasteiger partial charge is 0.497 e. The van der Waals surface area contributed by atoms with Gasteiger partial charge in [-0.05, 0) is 18.6 Å². The first-order valence-electron chi connectivity index (χ1n) is 4.73. The van der Waals surface area contributed by atoms with Crippen molar-refractivity contribution >= 4 is 0 Å². The van der Waals surface area contributed by atoms with Crippen molar-refractivity contribution in [2.45, 2.75) is 13.0 Å². The Hall–Kier alpha value is -1.26. The predicted octanol–water partition coefficient (Wildman–Crippen LogP) is 1.00. The Morgan fingerprint density at radius 3 is 2.47 bits per heavy atom. The highest BCUT2D eigenvalue weighted by atomic mass is 16.5. The van der Waals surface area contributed by atoms with Gasteiger partial charge in [0.2, 0.25) is 0 Å². The first-order chi connectivity index (χ1) is 7.13. The summed E-state index contributed by atoms with van der Waals surface area (Å²) in [5.74, 6) is 1.37. The summed E-state index contributed by atoms with van der Waals surface area (Å²) in [5, 5.41) is 9.05. The van der Waals surface area contributed by atoms with Crippen LogP contribution < -0.4 is 15.2 Å². The third-order valence-electron chi connectivity index (χ3n) is 2.35. The summed E-state index contributed by atoms with van der Waals surface area (Å²) in [6.07, 6.45) is 0. The number of aliphatic hydroxyl groups is 1. The first-order valence-corrected chi connectivity index (χ1v) is 4.73. The predicted molar refractivity (Wildman–Crippen MR) is 58.3 cm³/mol. The fraction of sp³-hybridized carbons (Fsp3) is 0.455. The molecule has 1 atom stereocenters. The van der Waals surface area contributed by atoms with E-state index in [-0.39, 0.29) is 6.61 Å². The highest BCUT2D eigenvalue weighted by molar-refractivity contribution is 5.47. The van der Waals surface area contributed by atoms with Gasteiger partial charge in [0.15, 0.2) is 0 Å². The van der Waals surface area contributed by atoms with E-state index in [1.54, 1.807) is 20.3 Å². The third-order valence-corrected chi connectivity index (χ3v) is 2.35. The average Bonchev–Trinajstić information content (AvgIpc) is 2.26. The zero-order valence-electron chi connectivity index (χ0n) is 9.28. The van der Waals surface area contributed by atoms with Crippen LogP contribution in [-0.4, -0.2) is 25.9 Å². The normalized spacial score (nSPS) is 12.3. The Kier molecular flexibility index (Phi) is 3.94. The Labute approximate surface area is 89.6 Å². The summed E-state index contributed by atoms with van der Waals surface area (Å²) in [7, 11) is 3.17. The van der Waals surface area contributed by atoms with E-state index in [0.717, 1.165) is 16.9 Å². The molecule has 1 rings (SSSR count). The summed E-state index contributed by atoms with van der Waals surface area (Å²) in [6.45, 7) is 1.80. The molecule has 0 bridgehead atoms. The summed E-state index contributed by atoms with van der Waals surface area (Å²) >= 11 is 0. The molecule has 0 aliphatic rings. The fourth-order valence-corrected chi connectivity index (χ4v) is 1.59. The van der Waals surface area contributed by atoms with Crippen LogP contribution in [0.4, 0.5) is 0 Å². The topological polar surface area (TPSA) is 64.7 Å². The lowest BCUT2D eigenvalue weighted by molar-refractivity contribution is 0.264. The molecule has 84 valence electrons. The number of hydrogen-bond donors (Lipinski definition) is 2. The van der Waals surface area contributed by atoms with Gasteiger partial charge in [-0.15, -0.1) is 0 Å². The molecule has 0 spiro atoms. The molecule has 4 heteroatoms. The summed E-state index contributed by atoms with van der Waals surface area (Å²) in [4.78, 5) is 0. The van der Waals surface area contributed by atoms with Crippen LogP contribution >= 0.6 is 0 Å². The van der Waals surface area contributed by atoms with Crippen LogP contribution in [0, 0.1) is 6.92 Å². The van der Waals surface area contributed by atoms with Gasteiger partial charge in [-0.3, -0.25) is 0 Å². The van der Waals surface area contributed by atoms with E-state index in [2.05, 4.69) is 0 Å². The first kappa shape index (κ1) is 11.8. The molecule has 0 fully saturated rings. The molecule has 1 aromatic carbocycles. The summed E-state index contributed by atoms with van der Waals surface area (Å²) < 4.78 is 10.3. The molecule has 0 saturated heterocycles. The van der Waals surface area contributed by atoms with Gasteiger partial charge < -0.3 is 20.3 Å². The van der Waals surface area contributed by atoms with Crippen molar-refractivity contribution in [1.29, 1.82) is 0 Å². The number of aryl methyl sites for hydroxylation is 1. The van der Waals surface area contributed by atoms with Gasteiger partial charge in [-0.2, -0.15) is 0 Å². The standard InChI is InChI=1S/C11H17NO3/c1-7-4-8(14-2)5-10(15-3)11(7)9(12)6-13/h4-5,9,13H,6,12H2,1-3H3/t9-/m1/s1. The second-order valence-electron chi connectivity index (χ2n) is 3.35. The monoisotopic (exact) mass is 211 g/mol. The van der Waals surface area contributed by atoms with Gasteiger partial charge in [0.25, 0.3) is 0 Å². The van der Waals surface area contributed by atoms with E-state index in [4.69, 9.17) is 20.3 Å². The van der Waals surface area contributed by atoms with E-state index >= 15 is 0 Å². The maximum Gasteiger partial charge on any atom is 0.127 e. The highest BCUT2D eigenvalue weighted by Gasteiger charge is 2.15. The molecular formula is C11H17NO3. The molecule has 15 heavy (non-hydrogen) atoms. The molecule has 0 saturated carbocycles. The van der Waals surface area contributed by atoms with Gasteiger partial charge in [-0.25, -0.2) is 0 Å². The summed E-state index contributed by atoms with van der Waals surface area (Å²) in [6, 6.07) is 3.21. The van der Waals surface area contributed by atoms with Crippen LogP contribution in [0.1, 0.15) is 17.2 Å². The molecule has 3 N–H and O–H groups in total. The Morgan fingerprint density at radius 1 is 1.33 bits per heavy atom. The molecular weight excluding hydrogens is 194 g/mol. The van der Waals surface area contributed by atoms with E-state index in [1.807, 2.05) is 13.0 Å². The lowest BCUT2D eigenvalue weighted by Crippen LogP contribution is -2.17. The number of hydrogen-bond acceptors (Lipinski definition) is 4. The second kappa shape index (κ2) is 5.00. The Morgan fingerprint density at radius 2 is 2.00 bits per heavy atom. The molecule has 4 nitrogen and oxygen atoms in total. The van der Waals surface area contributed by atoms with E-state index in [0.29, 0.717) is 5.75 Å². The number of aliphatic hydroxyl groups excluding tert-OH is 1. The van der Waals surface area contributed by atoms with Gasteiger partial charge >= 0.3 is 0 Å². The number of methoxy groups -OCH3 is 2. The van der Waals surface area contributed by atoms with Crippen molar-refractivity contribution < 1.29 is 14.6 Å². The average molecular weight is 211 g/mol. The van der Waals surface area contributed by atoms with Gasteiger partial charge in [0.1, 0.15) is 11.5 Å². The molecule has 0 amide bonds. The molecule has 0 aliphatic heterocycles. The Bertz CT molecular complexity index is 339. The molecule has 0 radical (unpaired) electrons. The van der Waals surface area contributed by atoms with Crippen LogP contribution in [0.15, 0.2) is 12.1 Å². The maximum atomic E-state index is 9.05. The highest BCUT2D eigenvalue weighted by Crippen LogP contribution is 2.31. The Balaban J connectivity index is 3.24. The zero-order valence-corrected chi connectivity index (χ0v) is 9.28. The zero-order chi connectivity index (χ0) is 11.4. The maximum absolute atomic E-state index is 9.05. The summed E-state index contributed by atoms with van der Waals surface area (Å²) in [5.41, 5.74) is 7.56. The quantitative estimate of drug-likeness (QED) is 0.780. The van der Waals surface area contributed by atoms with Crippen molar-refractivity contribution in [2.24, 2.45) is 5.73 Å². The number of benzene rings is 1. The van der Waals surface area contributed by atoms with Crippen molar-refractivity contribution in [1.82, 2.24) is 0 Å². The third kappa shape index (κ3) is 2.40. The van der Waals surface area contributed by atoms with Crippen molar-refractivity contribution in [3.05, 3.63) is 23.3 Å². The number of rotatable bonds is 4. The minimum absolute atomic E-state index is 0.108. The van der Waals surface area contributed by atoms with Crippen LogP contribution in [-0.2, 0) is 0 Å². The van der Waals surface area contributed by atoms with Gasteiger partial charge in [-0.1, -0.05) is 0 Å². The van der Waals surface area contributed by atoms with Crippen LogP contribution in [0.2, 0.25) is 0 Å². The molecule has 0 unspecified atom stereocenters. The smallest absolute Gasteiger partial charge is 0.127 e. The number of nitrogens with two attached hydrogens (primary N) is 1. The van der Waals surface area contributed by atoms with Crippen LogP contribution in [0.3, 0.4) is 0 Å². The van der Waals surface area contributed by atoms with Crippen molar-refractivity contribution in [3.63, 3.8) is 0 Å². The molecule has 0 aromatic heterocycles. The minimum atomic E-state index is -0.425. The van der Waals surface area contributed by atoms with Crippen molar-refractivity contribution in [3.8, 4) is 11.5 Å². The lowest BCUT2D eigenvalue weighted by atomic mass is 10.0. The number of ether oxygens (including phenoxy) is 2. The van der Waals surface area contributed by atoms with Crippen LogP contribution in [0.5, 0.6) is 11.5 Å². The minimum Gasteiger partial charge on any atom is -0.497 e.